The fraction of sp³-hybridized carbons (Fsp3) is 0.185. The van der Waals surface area contributed by atoms with Gasteiger partial charge in [-0.15, -0.1) is 6.58 Å². The Labute approximate surface area is 180 Å². The van der Waals surface area contributed by atoms with Crippen molar-refractivity contribution in [2.75, 3.05) is 0 Å². The van der Waals surface area contributed by atoms with Crippen LogP contribution in [0.3, 0.4) is 0 Å². The highest BCUT2D eigenvalue weighted by Gasteiger charge is 2.41. The molecule has 0 aliphatic rings. The van der Waals surface area contributed by atoms with Gasteiger partial charge in [0.1, 0.15) is 0 Å². The summed E-state index contributed by atoms with van der Waals surface area (Å²) in [4.78, 5) is 0. The second-order valence-electron chi connectivity index (χ2n) is 8.14. The van der Waals surface area contributed by atoms with Crippen molar-refractivity contribution in [1.29, 1.82) is 0 Å². The van der Waals surface area contributed by atoms with Gasteiger partial charge in [0.2, 0.25) is 0 Å². The quantitative estimate of drug-likeness (QED) is 0.361. The molecule has 3 rings (SSSR count). The van der Waals surface area contributed by atoms with Crippen molar-refractivity contribution in [3.8, 4) is 0 Å². The van der Waals surface area contributed by atoms with E-state index in [0.717, 1.165) is 5.56 Å². The number of hydrogen-bond acceptors (Lipinski definition) is 2. The van der Waals surface area contributed by atoms with Crippen LogP contribution in [0.1, 0.15) is 25.8 Å². The molecule has 0 heterocycles. The first-order valence-electron chi connectivity index (χ1n) is 10.2. The largest absolute Gasteiger partial charge is 0.388 e. The van der Waals surface area contributed by atoms with E-state index in [2.05, 4.69) is 6.58 Å². The molecule has 30 heavy (non-hydrogen) atoms. The molecule has 154 valence electrons. The molecule has 0 amide bonds. The summed E-state index contributed by atoms with van der Waals surface area (Å²) in [6.45, 7) is 7.82. The lowest BCUT2D eigenvalue weighted by Crippen LogP contribution is -2.34. The fourth-order valence-electron chi connectivity index (χ4n) is 3.67. The Morgan fingerprint density at radius 1 is 0.900 bits per heavy atom. The van der Waals surface area contributed by atoms with Crippen LogP contribution in [0.5, 0.6) is 0 Å². The van der Waals surface area contributed by atoms with Crippen LogP contribution in [0, 0.1) is 5.41 Å². The van der Waals surface area contributed by atoms with E-state index in [-0.39, 0.29) is 0 Å². The highest BCUT2D eigenvalue weighted by Crippen LogP contribution is 2.56. The van der Waals surface area contributed by atoms with E-state index in [4.69, 9.17) is 0 Å². The minimum Gasteiger partial charge on any atom is -0.388 e. The highest BCUT2D eigenvalue weighted by atomic mass is 31.2. The summed E-state index contributed by atoms with van der Waals surface area (Å²) in [6.07, 6.45) is 3.39. The zero-order chi connectivity index (χ0) is 21.6. The molecule has 0 aliphatic heterocycles. The maximum Gasteiger partial charge on any atom is 0.169 e. The van der Waals surface area contributed by atoms with Crippen molar-refractivity contribution >= 4 is 23.8 Å². The molecule has 0 bridgehead atoms. The lowest BCUT2D eigenvalue weighted by Gasteiger charge is -2.35. The van der Waals surface area contributed by atoms with Gasteiger partial charge in [-0.05, 0) is 23.5 Å². The van der Waals surface area contributed by atoms with Gasteiger partial charge in [0.25, 0.3) is 0 Å². The van der Waals surface area contributed by atoms with E-state index >= 15 is 0 Å². The summed E-state index contributed by atoms with van der Waals surface area (Å²) >= 11 is 0. The van der Waals surface area contributed by atoms with Crippen LogP contribution in [0.15, 0.2) is 109 Å². The molecular formula is C27H29O2P. The van der Waals surface area contributed by atoms with Gasteiger partial charge in [0.05, 0.1) is 6.10 Å². The Balaban J connectivity index is 2.31. The molecule has 3 heteroatoms. The van der Waals surface area contributed by atoms with E-state index in [1.54, 1.807) is 6.08 Å². The SMILES string of the molecule is C=CCC(C)(C)C(O)/C(=C\c1ccccc1)P(=O)(c1ccccc1)c1ccccc1. The number of benzene rings is 3. The molecule has 0 spiro atoms. The van der Waals surface area contributed by atoms with Gasteiger partial charge >= 0.3 is 0 Å². The monoisotopic (exact) mass is 416 g/mol. The van der Waals surface area contributed by atoms with Crippen LogP contribution in [-0.4, -0.2) is 11.2 Å². The van der Waals surface area contributed by atoms with Crippen molar-refractivity contribution in [3.05, 3.63) is 115 Å². The summed E-state index contributed by atoms with van der Waals surface area (Å²) in [5, 5.41) is 13.6. The van der Waals surface area contributed by atoms with Crippen LogP contribution in [0.25, 0.3) is 6.08 Å². The van der Waals surface area contributed by atoms with E-state index < -0.39 is 18.7 Å². The Morgan fingerprint density at radius 2 is 1.33 bits per heavy atom. The second-order valence-corrected chi connectivity index (χ2v) is 10.9. The Morgan fingerprint density at radius 3 is 1.77 bits per heavy atom. The lowest BCUT2D eigenvalue weighted by atomic mass is 9.82. The number of hydrogen-bond donors (Lipinski definition) is 1. The molecule has 0 saturated heterocycles. The van der Waals surface area contributed by atoms with Gasteiger partial charge in [0.15, 0.2) is 7.14 Å². The molecule has 0 radical (unpaired) electrons. The van der Waals surface area contributed by atoms with Crippen molar-refractivity contribution in [2.24, 2.45) is 5.41 Å². The summed E-state index contributed by atoms with van der Waals surface area (Å²) in [5.74, 6) is 0. The smallest absolute Gasteiger partial charge is 0.169 e. The number of allylic oxidation sites excluding steroid dienone is 1. The molecule has 0 aromatic heterocycles. The van der Waals surface area contributed by atoms with E-state index in [9.17, 15) is 9.67 Å². The summed E-state index contributed by atoms with van der Waals surface area (Å²) in [7, 11) is -3.30. The van der Waals surface area contributed by atoms with Gasteiger partial charge in [0, 0.05) is 15.9 Å². The van der Waals surface area contributed by atoms with Crippen LogP contribution in [0.4, 0.5) is 0 Å². The molecular weight excluding hydrogens is 387 g/mol. The zero-order valence-electron chi connectivity index (χ0n) is 17.6. The summed E-state index contributed by atoms with van der Waals surface area (Å²) in [5.41, 5.74) is 0.384. The molecule has 0 saturated carbocycles. The van der Waals surface area contributed by atoms with Crippen molar-refractivity contribution in [3.63, 3.8) is 0 Å². The third-order valence-corrected chi connectivity index (χ3v) is 8.56. The molecule has 1 N–H and O–H groups in total. The average Bonchev–Trinajstić information content (AvgIpc) is 2.78. The van der Waals surface area contributed by atoms with Gasteiger partial charge in [-0.2, -0.15) is 0 Å². The van der Waals surface area contributed by atoms with Crippen molar-refractivity contribution < 1.29 is 9.67 Å². The molecule has 2 nitrogen and oxygen atoms in total. The molecule has 0 fully saturated rings. The normalized spacial score (nSPS) is 13.6. The molecule has 1 unspecified atom stereocenters. The van der Waals surface area contributed by atoms with Crippen LogP contribution < -0.4 is 10.6 Å². The molecule has 1 atom stereocenters. The zero-order valence-corrected chi connectivity index (χ0v) is 18.5. The minimum atomic E-state index is -3.30. The van der Waals surface area contributed by atoms with Crippen LogP contribution in [-0.2, 0) is 4.57 Å². The van der Waals surface area contributed by atoms with Crippen molar-refractivity contribution in [1.82, 2.24) is 0 Å². The fourth-order valence-corrected chi connectivity index (χ4v) is 6.77. The van der Waals surface area contributed by atoms with Crippen molar-refractivity contribution in [2.45, 2.75) is 26.4 Å². The Kier molecular flexibility index (Phi) is 6.92. The first-order chi connectivity index (χ1) is 14.4. The maximum absolute atomic E-state index is 15.0. The Bertz CT molecular complexity index is 994. The predicted molar refractivity (Wildman–Crippen MR) is 129 cm³/mol. The first-order valence-corrected chi connectivity index (χ1v) is 11.9. The van der Waals surface area contributed by atoms with Crippen LogP contribution in [0.2, 0.25) is 0 Å². The number of aliphatic hydroxyl groups excluding tert-OH is 1. The van der Waals surface area contributed by atoms with Gasteiger partial charge in [-0.1, -0.05) is 111 Å². The minimum absolute atomic E-state index is 0.526. The summed E-state index contributed by atoms with van der Waals surface area (Å²) in [6, 6.07) is 28.7. The van der Waals surface area contributed by atoms with Gasteiger partial charge in [-0.25, -0.2) is 0 Å². The maximum atomic E-state index is 15.0. The van der Waals surface area contributed by atoms with E-state index in [0.29, 0.717) is 22.3 Å². The standard InChI is InChI=1S/C27H29O2P/c1-4-20-27(2,3)26(28)25(21-22-14-8-5-9-15-22)30(29,23-16-10-6-11-17-23)24-18-12-7-13-19-24/h4-19,21,26,28H,1,20H2,2-3H3/b25-21+. The summed E-state index contributed by atoms with van der Waals surface area (Å²) < 4.78 is 15.0. The molecule has 0 aliphatic carbocycles. The molecule has 3 aromatic rings. The molecule has 3 aromatic carbocycles. The Hall–Kier alpha value is -2.67. The van der Waals surface area contributed by atoms with Gasteiger partial charge < -0.3 is 9.67 Å². The van der Waals surface area contributed by atoms with Crippen LogP contribution >= 0.6 is 7.14 Å². The first kappa shape index (κ1) is 22.0. The average molecular weight is 417 g/mol. The predicted octanol–water partition coefficient (Wildman–Crippen LogP) is 6.00. The van der Waals surface area contributed by atoms with E-state index in [1.165, 1.54) is 0 Å². The van der Waals surface area contributed by atoms with Gasteiger partial charge in [-0.3, -0.25) is 0 Å². The number of aliphatic hydroxyl groups is 1. The van der Waals surface area contributed by atoms with E-state index in [1.807, 2.05) is 111 Å². The topological polar surface area (TPSA) is 37.3 Å². The number of rotatable bonds is 8. The third-order valence-electron chi connectivity index (χ3n) is 5.41. The lowest BCUT2D eigenvalue weighted by molar-refractivity contribution is 0.0897. The highest BCUT2D eigenvalue weighted by molar-refractivity contribution is 7.82. The third kappa shape index (κ3) is 4.56. The second kappa shape index (κ2) is 9.43.